The average molecular weight is 675 g/mol. The molecule has 52 heavy (non-hydrogen) atoms. The molecule has 0 atom stereocenters. The maximum atomic E-state index is 6.69. The van der Waals surface area contributed by atoms with Gasteiger partial charge in [-0.25, -0.2) is 9.97 Å². The second-order valence-electron chi connectivity index (χ2n) is 13.0. The van der Waals surface area contributed by atoms with Crippen LogP contribution in [0.15, 0.2) is 133 Å². The molecule has 7 aromatic rings. The monoisotopic (exact) mass is 674 g/mol. The lowest BCUT2D eigenvalue weighted by molar-refractivity contribution is 0.484. The number of nitrogens with one attached hydrogen (secondary N) is 2. The molecule has 8 bridgehead atoms. The molecule has 0 fully saturated rings. The second-order valence-corrected chi connectivity index (χ2v) is 13.0. The Bertz CT molecular complexity index is 2480. The Hall–Kier alpha value is -6.92. The van der Waals surface area contributed by atoms with Crippen LogP contribution in [0.5, 0.6) is 23.0 Å². The predicted octanol–water partition coefficient (Wildman–Crippen LogP) is 12.2. The van der Waals surface area contributed by atoms with Crippen molar-refractivity contribution in [3.8, 4) is 45.3 Å². The summed E-state index contributed by atoms with van der Waals surface area (Å²) in [6, 6.07) is 45.0. The topological polar surface area (TPSA) is 75.8 Å². The van der Waals surface area contributed by atoms with Crippen molar-refractivity contribution in [2.45, 2.75) is 13.8 Å². The molecule has 2 N–H and O–H groups in total. The van der Waals surface area contributed by atoms with Crippen LogP contribution in [0.3, 0.4) is 0 Å². The number of aromatic amines is 2. The summed E-state index contributed by atoms with van der Waals surface area (Å²) >= 11 is 0. The first kappa shape index (κ1) is 31.1. The van der Waals surface area contributed by atoms with E-state index >= 15 is 0 Å². The molecule has 250 valence electrons. The number of aromatic nitrogens is 4. The van der Waals surface area contributed by atoms with Crippen molar-refractivity contribution in [3.05, 3.63) is 167 Å². The van der Waals surface area contributed by atoms with Crippen molar-refractivity contribution in [1.29, 1.82) is 0 Å². The first-order valence-electron chi connectivity index (χ1n) is 17.3. The smallest absolute Gasteiger partial charge is 0.176 e. The first-order chi connectivity index (χ1) is 25.6. The van der Waals surface area contributed by atoms with Crippen molar-refractivity contribution < 1.29 is 9.47 Å². The third kappa shape index (κ3) is 5.97. The molecule has 6 heteroatoms. The van der Waals surface area contributed by atoms with E-state index in [0.29, 0.717) is 22.9 Å². The van der Waals surface area contributed by atoms with E-state index in [9.17, 15) is 0 Å². The Kier molecular flexibility index (Phi) is 7.82. The van der Waals surface area contributed by atoms with Gasteiger partial charge in [-0.1, -0.05) is 96.1 Å². The summed E-state index contributed by atoms with van der Waals surface area (Å²) in [5.41, 5.74) is 12.7. The first-order valence-corrected chi connectivity index (χ1v) is 17.3. The summed E-state index contributed by atoms with van der Waals surface area (Å²) in [6.45, 7) is 4.13. The van der Waals surface area contributed by atoms with Gasteiger partial charge in [0.1, 0.15) is 22.9 Å². The Labute approximate surface area is 301 Å². The van der Waals surface area contributed by atoms with Gasteiger partial charge in [-0.15, -0.1) is 0 Å². The molecule has 0 aliphatic carbocycles. The van der Waals surface area contributed by atoms with Crippen LogP contribution in [0, 0.1) is 13.8 Å². The molecule has 6 nitrogen and oxygen atoms in total. The fourth-order valence-corrected chi connectivity index (χ4v) is 6.63. The van der Waals surface area contributed by atoms with Gasteiger partial charge in [0.15, 0.2) is 11.5 Å². The van der Waals surface area contributed by atoms with Crippen LogP contribution < -0.4 is 9.47 Å². The number of aryl methyl sites for hydroxylation is 2. The molecule has 9 rings (SSSR count). The number of fused-ring (bicyclic) bond motifs is 8. The van der Waals surface area contributed by atoms with E-state index in [4.69, 9.17) is 19.4 Å². The minimum Gasteiger partial charge on any atom is -0.453 e. The molecule has 0 amide bonds. The van der Waals surface area contributed by atoms with Crippen LogP contribution >= 0.6 is 0 Å². The number of rotatable bonds is 6. The lowest BCUT2D eigenvalue weighted by Crippen LogP contribution is -1.91. The van der Waals surface area contributed by atoms with E-state index in [0.717, 1.165) is 78.3 Å². The van der Waals surface area contributed by atoms with E-state index in [-0.39, 0.29) is 0 Å². The minimum atomic E-state index is 0.624. The van der Waals surface area contributed by atoms with Crippen LogP contribution in [-0.2, 0) is 0 Å². The Morgan fingerprint density at radius 3 is 1.15 bits per heavy atom. The summed E-state index contributed by atoms with van der Waals surface area (Å²) in [7, 11) is 0. The van der Waals surface area contributed by atoms with Gasteiger partial charge < -0.3 is 19.4 Å². The standard InChI is InChI=1S/C46H34N4O2/c1-29-13-17-33(18-14-29)51-45-39-25-21-35(47-39)43(31-9-5-3-6-10-31)37-23-27-41(49-37)46(52-34-19-15-30(2)16-20-34)42-28-24-38(50-42)44(32-11-7-4-8-12-32)36-22-26-40(45)48-36/h3-28,47,50H,1-2H3. The van der Waals surface area contributed by atoms with Gasteiger partial charge in [-0.2, -0.15) is 0 Å². The maximum Gasteiger partial charge on any atom is 0.176 e. The minimum absolute atomic E-state index is 0.624. The van der Waals surface area contributed by atoms with Crippen LogP contribution in [0.1, 0.15) is 33.9 Å². The quantitative estimate of drug-likeness (QED) is 0.184. The van der Waals surface area contributed by atoms with Crippen LogP contribution in [0.4, 0.5) is 0 Å². The van der Waals surface area contributed by atoms with Crippen molar-refractivity contribution in [2.24, 2.45) is 0 Å². The SMILES string of the molecule is Cc1ccc(Oc2c3nc(c(-c4ccccc4)c4ccc([nH]4)c(Oc4ccc(C)cc4)c4nc(c(-c5ccccc5)c5ccc2[nH]5)C=C4)C=C3)cc1. The highest BCUT2D eigenvalue weighted by Crippen LogP contribution is 2.39. The third-order valence-corrected chi connectivity index (χ3v) is 9.26. The summed E-state index contributed by atoms with van der Waals surface area (Å²) in [6.07, 6.45) is 8.15. The molecule has 3 aromatic heterocycles. The van der Waals surface area contributed by atoms with E-state index in [1.54, 1.807) is 0 Å². The maximum absolute atomic E-state index is 6.69. The Morgan fingerprint density at radius 1 is 0.385 bits per heavy atom. The zero-order chi connectivity index (χ0) is 35.0. The van der Waals surface area contributed by atoms with Gasteiger partial charge >= 0.3 is 0 Å². The average Bonchev–Trinajstić information content (AvgIpc) is 4.02. The van der Waals surface area contributed by atoms with Crippen LogP contribution in [0.25, 0.3) is 68.6 Å². The molecule has 0 saturated heterocycles. The summed E-state index contributed by atoms with van der Waals surface area (Å²) in [4.78, 5) is 17.9. The lowest BCUT2D eigenvalue weighted by Gasteiger charge is -2.08. The molecule has 5 heterocycles. The number of H-pyrrole nitrogens is 2. The van der Waals surface area contributed by atoms with Gasteiger partial charge in [0.25, 0.3) is 0 Å². The summed E-state index contributed by atoms with van der Waals surface area (Å²) < 4.78 is 13.4. The summed E-state index contributed by atoms with van der Waals surface area (Å²) in [5.74, 6) is 2.70. The fourth-order valence-electron chi connectivity index (χ4n) is 6.63. The number of nitrogens with zero attached hydrogens (tertiary/aromatic N) is 2. The largest absolute Gasteiger partial charge is 0.453 e. The zero-order valence-electron chi connectivity index (χ0n) is 28.7. The van der Waals surface area contributed by atoms with Gasteiger partial charge in [-0.3, -0.25) is 0 Å². The zero-order valence-corrected chi connectivity index (χ0v) is 28.7. The summed E-state index contributed by atoms with van der Waals surface area (Å²) in [5, 5.41) is 0. The predicted molar refractivity (Wildman–Crippen MR) is 212 cm³/mol. The van der Waals surface area contributed by atoms with Crippen molar-refractivity contribution >= 4 is 46.4 Å². The van der Waals surface area contributed by atoms with Crippen molar-refractivity contribution in [2.75, 3.05) is 0 Å². The lowest BCUT2D eigenvalue weighted by atomic mass is 10.0. The molecule has 0 radical (unpaired) electrons. The van der Waals surface area contributed by atoms with Gasteiger partial charge in [0.05, 0.1) is 22.4 Å². The van der Waals surface area contributed by atoms with Gasteiger partial charge in [-0.05, 0) is 97.8 Å². The van der Waals surface area contributed by atoms with Gasteiger partial charge in [0, 0.05) is 22.2 Å². The van der Waals surface area contributed by atoms with Crippen LogP contribution in [-0.4, -0.2) is 19.9 Å². The Balaban J connectivity index is 1.40. The molecular weight excluding hydrogens is 641 g/mol. The van der Waals surface area contributed by atoms with Gasteiger partial charge in [0.2, 0.25) is 0 Å². The van der Waals surface area contributed by atoms with Crippen LogP contribution in [0.2, 0.25) is 0 Å². The van der Waals surface area contributed by atoms with E-state index in [2.05, 4.69) is 84.5 Å². The number of ether oxygens (including phenoxy) is 2. The highest BCUT2D eigenvalue weighted by atomic mass is 16.5. The normalized spacial score (nSPS) is 11.9. The van der Waals surface area contributed by atoms with E-state index in [1.807, 2.05) is 97.1 Å². The number of hydrogen-bond acceptors (Lipinski definition) is 4. The highest BCUT2D eigenvalue weighted by molar-refractivity contribution is 5.95. The van der Waals surface area contributed by atoms with E-state index in [1.165, 1.54) is 0 Å². The molecule has 2 aliphatic heterocycles. The number of hydrogen-bond donors (Lipinski definition) is 2. The van der Waals surface area contributed by atoms with Crippen molar-refractivity contribution in [3.63, 3.8) is 0 Å². The molecule has 4 aromatic carbocycles. The second kappa shape index (κ2) is 13.1. The van der Waals surface area contributed by atoms with E-state index < -0.39 is 0 Å². The fraction of sp³-hybridized carbons (Fsp3) is 0.0435. The highest BCUT2D eigenvalue weighted by Gasteiger charge is 2.19. The molecule has 0 unspecified atom stereocenters. The van der Waals surface area contributed by atoms with Crippen molar-refractivity contribution in [1.82, 2.24) is 19.9 Å². The molecule has 2 aliphatic rings. The number of benzene rings is 4. The molecular formula is C46H34N4O2. The molecule has 0 saturated carbocycles. The third-order valence-electron chi connectivity index (χ3n) is 9.26. The Morgan fingerprint density at radius 2 is 0.750 bits per heavy atom. The molecule has 0 spiro atoms.